The lowest BCUT2D eigenvalue weighted by molar-refractivity contribution is -0.145. The summed E-state index contributed by atoms with van der Waals surface area (Å²) in [6.07, 6.45) is 2.08. The molecule has 0 radical (unpaired) electrons. The number of anilines is 3. The highest BCUT2D eigenvalue weighted by atomic mass is 28.4. The number of likely N-dealkylation sites (N-methyl/N-ethyl adjacent to an activating group) is 1. The Balaban J connectivity index is 1.46. The van der Waals surface area contributed by atoms with Gasteiger partial charge in [0.1, 0.15) is 0 Å². The molecule has 1 saturated heterocycles. The van der Waals surface area contributed by atoms with Gasteiger partial charge in [-0.05, 0) is 62.0 Å². The van der Waals surface area contributed by atoms with E-state index in [2.05, 4.69) is 15.6 Å². The van der Waals surface area contributed by atoms with Crippen LogP contribution in [0, 0.1) is 5.92 Å². The first-order valence-corrected chi connectivity index (χ1v) is 16.4. The molecule has 4 atom stereocenters. The molecule has 10 nitrogen and oxygen atoms in total. The number of aliphatic hydroxyl groups excluding tert-OH is 1. The normalized spacial score (nSPS) is 24.1. The Morgan fingerprint density at radius 3 is 2.65 bits per heavy atom. The Morgan fingerprint density at radius 1 is 1.25 bits per heavy atom. The summed E-state index contributed by atoms with van der Waals surface area (Å²) in [7, 11) is -1.61. The molecule has 0 bridgehead atoms. The molecule has 1 spiro atoms. The van der Waals surface area contributed by atoms with E-state index in [4.69, 9.17) is 15.6 Å². The SMILES string of the molecule is C[C@H]1[C@H]([Si](C)(C)F)[C@@H](CCn2cc(CCO)nn2)O[C@]12C(=O)N(C)c1ccc(NC(=O)c3ccc(N)cc3)cc12. The molecule has 0 unspecified atom stereocenters. The van der Waals surface area contributed by atoms with Gasteiger partial charge in [0.15, 0.2) is 5.60 Å². The summed E-state index contributed by atoms with van der Waals surface area (Å²) >= 11 is 0. The molecule has 0 saturated carbocycles. The van der Waals surface area contributed by atoms with Crippen molar-refractivity contribution in [3.05, 3.63) is 65.5 Å². The van der Waals surface area contributed by atoms with Gasteiger partial charge in [-0.2, -0.15) is 0 Å². The first kappa shape index (κ1) is 27.9. The van der Waals surface area contributed by atoms with E-state index in [9.17, 15) is 9.59 Å². The smallest absolute Gasteiger partial charge is 0.264 e. The van der Waals surface area contributed by atoms with Crippen molar-refractivity contribution in [2.24, 2.45) is 5.92 Å². The molecule has 4 N–H and O–H groups in total. The number of nitrogen functional groups attached to an aromatic ring is 1. The Labute approximate surface area is 233 Å². The lowest BCUT2D eigenvalue weighted by atomic mass is 9.82. The fourth-order valence-electron chi connectivity index (χ4n) is 6.27. The number of fused-ring (bicyclic) bond motifs is 2. The number of ether oxygens (including phenoxy) is 1. The van der Waals surface area contributed by atoms with Crippen molar-refractivity contribution in [3.63, 3.8) is 0 Å². The quantitative estimate of drug-likeness (QED) is 0.216. The molecule has 2 aliphatic rings. The Kier molecular flexibility index (Phi) is 7.27. The van der Waals surface area contributed by atoms with Crippen LogP contribution in [0.1, 0.15) is 35.0 Å². The zero-order chi connectivity index (χ0) is 28.8. The average Bonchev–Trinajstić information content (AvgIpc) is 3.54. The van der Waals surface area contributed by atoms with Crippen molar-refractivity contribution in [3.8, 4) is 0 Å². The van der Waals surface area contributed by atoms with Crippen LogP contribution in [0.2, 0.25) is 18.6 Å². The summed E-state index contributed by atoms with van der Waals surface area (Å²) in [4.78, 5) is 28.4. The van der Waals surface area contributed by atoms with Crippen LogP contribution in [-0.4, -0.2) is 60.1 Å². The lowest BCUT2D eigenvalue weighted by Gasteiger charge is -2.31. The van der Waals surface area contributed by atoms with Crippen molar-refractivity contribution in [2.45, 2.75) is 56.7 Å². The number of nitrogens with one attached hydrogen (secondary N) is 1. The number of hydrogen-bond acceptors (Lipinski definition) is 7. The molecule has 212 valence electrons. The minimum Gasteiger partial charge on any atom is -0.399 e. The van der Waals surface area contributed by atoms with Gasteiger partial charge in [-0.3, -0.25) is 14.3 Å². The van der Waals surface area contributed by atoms with Crippen LogP contribution in [0.25, 0.3) is 0 Å². The van der Waals surface area contributed by atoms with Gasteiger partial charge in [0, 0.05) is 66.8 Å². The molecule has 1 fully saturated rings. The molecular weight excluding hydrogens is 531 g/mol. The highest BCUT2D eigenvalue weighted by molar-refractivity contribution is 6.72. The highest BCUT2D eigenvalue weighted by Crippen LogP contribution is 2.60. The first-order valence-electron chi connectivity index (χ1n) is 13.4. The monoisotopic (exact) mass is 566 g/mol. The predicted molar refractivity (Wildman–Crippen MR) is 152 cm³/mol. The van der Waals surface area contributed by atoms with E-state index in [1.54, 1.807) is 78.4 Å². The van der Waals surface area contributed by atoms with Gasteiger partial charge in [0.25, 0.3) is 11.8 Å². The predicted octanol–water partition coefficient (Wildman–Crippen LogP) is 3.49. The summed E-state index contributed by atoms with van der Waals surface area (Å²) in [5, 5.41) is 20.2. The van der Waals surface area contributed by atoms with Gasteiger partial charge in [0.2, 0.25) is 8.41 Å². The van der Waals surface area contributed by atoms with E-state index < -0.39 is 31.6 Å². The number of carbonyl (C=O) groups is 2. The molecule has 2 amide bonds. The summed E-state index contributed by atoms with van der Waals surface area (Å²) in [6.45, 7) is 5.62. The van der Waals surface area contributed by atoms with Crippen molar-refractivity contribution in [1.82, 2.24) is 15.0 Å². The van der Waals surface area contributed by atoms with Crippen molar-refractivity contribution < 1.29 is 23.5 Å². The zero-order valence-electron chi connectivity index (χ0n) is 23.1. The first-order chi connectivity index (χ1) is 19.0. The maximum Gasteiger partial charge on any atom is 0.264 e. The van der Waals surface area contributed by atoms with Gasteiger partial charge >= 0.3 is 0 Å². The largest absolute Gasteiger partial charge is 0.399 e. The van der Waals surface area contributed by atoms with Crippen LogP contribution in [-0.2, 0) is 28.1 Å². The molecular formula is C28H35FN6O4Si. The van der Waals surface area contributed by atoms with Gasteiger partial charge in [-0.25, -0.2) is 0 Å². The Hall–Kier alpha value is -3.61. The number of benzene rings is 2. The molecule has 3 heterocycles. The molecule has 2 aromatic carbocycles. The van der Waals surface area contributed by atoms with Gasteiger partial charge in [0.05, 0.1) is 17.5 Å². The van der Waals surface area contributed by atoms with Gasteiger partial charge < -0.3 is 29.9 Å². The number of aliphatic hydroxyl groups is 1. The Morgan fingerprint density at radius 2 is 1.98 bits per heavy atom. The molecule has 12 heteroatoms. The number of halogens is 1. The third kappa shape index (κ3) is 4.80. The van der Waals surface area contributed by atoms with Crippen LogP contribution < -0.4 is 16.0 Å². The maximum atomic E-state index is 15.9. The van der Waals surface area contributed by atoms with E-state index in [0.29, 0.717) is 53.3 Å². The summed E-state index contributed by atoms with van der Waals surface area (Å²) in [5.41, 5.74) is 7.40. The summed E-state index contributed by atoms with van der Waals surface area (Å²) in [6, 6.07) is 11.9. The molecule has 0 aliphatic carbocycles. The maximum absolute atomic E-state index is 15.9. The lowest BCUT2D eigenvalue weighted by Crippen LogP contribution is -2.44. The number of amides is 2. The second kappa shape index (κ2) is 10.4. The minimum atomic E-state index is -3.31. The zero-order valence-corrected chi connectivity index (χ0v) is 24.1. The van der Waals surface area contributed by atoms with Crippen molar-refractivity contribution >= 4 is 37.3 Å². The fourth-order valence-corrected chi connectivity index (χ4v) is 8.82. The molecule has 40 heavy (non-hydrogen) atoms. The molecule has 2 aliphatic heterocycles. The van der Waals surface area contributed by atoms with Gasteiger partial charge in [-0.1, -0.05) is 12.1 Å². The number of nitrogens with two attached hydrogens (primary N) is 1. The van der Waals surface area contributed by atoms with Crippen LogP contribution in [0.15, 0.2) is 48.7 Å². The molecule has 3 aromatic rings. The van der Waals surface area contributed by atoms with E-state index in [1.165, 1.54) is 0 Å². The van der Waals surface area contributed by atoms with Crippen LogP contribution >= 0.6 is 0 Å². The van der Waals surface area contributed by atoms with E-state index in [0.717, 1.165) is 0 Å². The number of aromatic nitrogens is 3. The van der Waals surface area contributed by atoms with Gasteiger partial charge in [-0.15, -0.1) is 5.10 Å². The number of hydrogen-bond donors (Lipinski definition) is 3. The number of nitrogens with zero attached hydrogens (tertiary/aromatic N) is 4. The minimum absolute atomic E-state index is 0.0222. The van der Waals surface area contributed by atoms with E-state index in [1.807, 2.05) is 6.92 Å². The van der Waals surface area contributed by atoms with E-state index >= 15 is 4.11 Å². The van der Waals surface area contributed by atoms with Crippen LogP contribution in [0.5, 0.6) is 0 Å². The fraction of sp³-hybridized carbons (Fsp3) is 0.429. The second-order valence-electron chi connectivity index (χ2n) is 11.2. The second-order valence-corrected chi connectivity index (χ2v) is 15.0. The summed E-state index contributed by atoms with van der Waals surface area (Å²) in [5.74, 6) is -0.994. The number of aryl methyl sites for hydroxylation is 1. The van der Waals surface area contributed by atoms with Crippen LogP contribution in [0.3, 0.4) is 0 Å². The average molecular weight is 567 g/mol. The molecule has 5 rings (SSSR count). The number of rotatable bonds is 8. The molecule has 1 aromatic heterocycles. The van der Waals surface area contributed by atoms with Crippen LogP contribution in [0.4, 0.5) is 21.2 Å². The van der Waals surface area contributed by atoms with Crippen molar-refractivity contribution in [2.75, 3.05) is 29.6 Å². The third-order valence-electron chi connectivity index (χ3n) is 8.12. The van der Waals surface area contributed by atoms with Crippen molar-refractivity contribution in [1.29, 1.82) is 0 Å². The summed E-state index contributed by atoms with van der Waals surface area (Å²) < 4.78 is 24.3. The topological polar surface area (TPSA) is 136 Å². The number of carbonyl (C=O) groups excluding carboxylic acids is 2. The standard InChI is InChI=1S/C28H35FN6O4Si/c1-17-25(40(3,4)29)24(11-13-35-16-21(12-14-36)32-33-35)39-28(17)22-15-20(9-10-23(22)34(2)27(28)38)31-26(37)18-5-7-19(30)8-6-18/h5-10,15-17,24-25,36H,11-14,30H2,1-4H3,(H,31,37)/t17-,24+,25-,28+/m0/s1. The van der Waals surface area contributed by atoms with E-state index in [-0.39, 0.29) is 18.4 Å². The highest BCUT2D eigenvalue weighted by Gasteiger charge is 2.66. The Bertz CT molecular complexity index is 1420. The third-order valence-corrected chi connectivity index (χ3v) is 10.6.